The minimum absolute atomic E-state index is 0.0170. The SMILES string of the molecule is Cc1cc(F)cc(N(CC(F)F)c2nc3nnc(C)n3c3ccc(F)c(F)c23)c1. The smallest absolute Gasteiger partial charge is 0.257 e. The second-order valence-corrected chi connectivity index (χ2v) is 6.56. The van der Waals surface area contributed by atoms with E-state index in [0.29, 0.717) is 11.4 Å². The van der Waals surface area contributed by atoms with E-state index >= 15 is 0 Å². The summed E-state index contributed by atoms with van der Waals surface area (Å²) in [5.41, 5.74) is 0.647. The van der Waals surface area contributed by atoms with Crippen molar-refractivity contribution in [3.63, 3.8) is 0 Å². The molecule has 0 aliphatic carbocycles. The first-order chi connectivity index (χ1) is 13.8. The summed E-state index contributed by atoms with van der Waals surface area (Å²) in [5.74, 6) is -3.01. The van der Waals surface area contributed by atoms with E-state index in [4.69, 9.17) is 0 Å². The summed E-state index contributed by atoms with van der Waals surface area (Å²) in [7, 11) is 0. The van der Waals surface area contributed by atoms with Crippen molar-refractivity contribution in [2.24, 2.45) is 0 Å². The second-order valence-electron chi connectivity index (χ2n) is 6.56. The Morgan fingerprint density at radius 3 is 2.48 bits per heavy atom. The maximum atomic E-state index is 14.8. The number of alkyl halides is 2. The molecule has 0 radical (unpaired) electrons. The molecule has 0 aliphatic rings. The number of nitrogens with zero attached hydrogens (tertiary/aromatic N) is 5. The summed E-state index contributed by atoms with van der Waals surface area (Å²) in [4.78, 5) is 5.12. The van der Waals surface area contributed by atoms with Gasteiger partial charge in [-0.3, -0.25) is 4.40 Å². The van der Waals surface area contributed by atoms with Gasteiger partial charge < -0.3 is 4.90 Å². The summed E-state index contributed by atoms with van der Waals surface area (Å²) >= 11 is 0. The molecule has 10 heteroatoms. The molecule has 0 amide bonds. The first-order valence-electron chi connectivity index (χ1n) is 8.58. The highest BCUT2D eigenvalue weighted by Crippen LogP contribution is 2.35. The zero-order valence-corrected chi connectivity index (χ0v) is 15.3. The second kappa shape index (κ2) is 6.94. The summed E-state index contributed by atoms with van der Waals surface area (Å²) < 4.78 is 71.0. The summed E-state index contributed by atoms with van der Waals surface area (Å²) in [5, 5.41) is 7.41. The van der Waals surface area contributed by atoms with Gasteiger partial charge in [-0.1, -0.05) is 0 Å². The van der Waals surface area contributed by atoms with Gasteiger partial charge in [0, 0.05) is 5.69 Å². The van der Waals surface area contributed by atoms with Crippen LogP contribution in [0.4, 0.5) is 33.5 Å². The van der Waals surface area contributed by atoms with Crippen LogP contribution in [0.5, 0.6) is 0 Å². The minimum Gasteiger partial charge on any atom is -0.320 e. The number of aromatic nitrogens is 4. The Hall–Kier alpha value is -3.30. The molecule has 5 nitrogen and oxygen atoms in total. The normalized spacial score (nSPS) is 11.7. The number of anilines is 2. The van der Waals surface area contributed by atoms with E-state index in [2.05, 4.69) is 15.2 Å². The average molecular weight is 407 g/mol. The molecule has 0 spiro atoms. The van der Waals surface area contributed by atoms with Crippen LogP contribution in [0.25, 0.3) is 16.7 Å². The molecule has 0 saturated heterocycles. The molecule has 4 aromatic rings. The van der Waals surface area contributed by atoms with Crippen LogP contribution >= 0.6 is 0 Å². The molecule has 0 unspecified atom stereocenters. The topological polar surface area (TPSA) is 46.3 Å². The fraction of sp³-hybridized carbons (Fsp3) is 0.211. The van der Waals surface area contributed by atoms with Crippen molar-refractivity contribution in [3.05, 3.63) is 59.2 Å². The standard InChI is InChI=1S/C19H14F5N5/c1-9-5-11(20)7-12(6-9)28(8-15(22)23)18-16-14(4-3-13(21)17(16)24)29-10(2)26-27-19(29)25-18/h3-7,15H,8H2,1-2H3. The third kappa shape index (κ3) is 3.24. The number of rotatable bonds is 4. The lowest BCUT2D eigenvalue weighted by molar-refractivity contribution is 0.158. The van der Waals surface area contributed by atoms with Crippen molar-refractivity contribution in [2.45, 2.75) is 20.3 Å². The molecule has 2 aromatic carbocycles. The third-order valence-electron chi connectivity index (χ3n) is 4.47. The Labute approximate surface area is 161 Å². The van der Waals surface area contributed by atoms with Gasteiger partial charge in [0.2, 0.25) is 0 Å². The van der Waals surface area contributed by atoms with Crippen LogP contribution in [0, 0.1) is 31.3 Å². The number of benzene rings is 2. The number of hydrogen-bond acceptors (Lipinski definition) is 4. The number of hydrogen-bond donors (Lipinski definition) is 0. The Morgan fingerprint density at radius 2 is 1.79 bits per heavy atom. The Morgan fingerprint density at radius 1 is 1.03 bits per heavy atom. The molecule has 0 fully saturated rings. The molecular formula is C19H14F5N5. The Kier molecular flexibility index (Phi) is 4.56. The van der Waals surface area contributed by atoms with Crippen molar-refractivity contribution < 1.29 is 22.0 Å². The highest BCUT2D eigenvalue weighted by atomic mass is 19.3. The van der Waals surface area contributed by atoms with Gasteiger partial charge in [-0.05, 0) is 49.7 Å². The fourth-order valence-electron chi connectivity index (χ4n) is 3.32. The van der Waals surface area contributed by atoms with Crippen molar-refractivity contribution in [3.8, 4) is 0 Å². The molecule has 29 heavy (non-hydrogen) atoms. The van der Waals surface area contributed by atoms with Crippen molar-refractivity contribution >= 4 is 28.2 Å². The third-order valence-corrected chi connectivity index (χ3v) is 4.47. The molecule has 2 aromatic heterocycles. The zero-order valence-electron chi connectivity index (χ0n) is 15.3. The van der Waals surface area contributed by atoms with Crippen LogP contribution in [0.1, 0.15) is 11.4 Å². The first kappa shape index (κ1) is 19.0. The van der Waals surface area contributed by atoms with E-state index < -0.39 is 30.4 Å². The van der Waals surface area contributed by atoms with Crippen LogP contribution in [-0.4, -0.2) is 32.6 Å². The highest BCUT2D eigenvalue weighted by molar-refractivity contribution is 5.94. The maximum absolute atomic E-state index is 14.8. The van der Waals surface area contributed by atoms with E-state index in [1.165, 1.54) is 22.6 Å². The predicted octanol–water partition coefficient (Wildman–Crippen LogP) is 4.71. The van der Waals surface area contributed by atoms with Crippen molar-refractivity contribution in [2.75, 3.05) is 11.4 Å². The monoisotopic (exact) mass is 407 g/mol. The van der Waals surface area contributed by atoms with E-state index in [9.17, 15) is 22.0 Å². The minimum atomic E-state index is -2.86. The molecule has 0 aliphatic heterocycles. The van der Waals surface area contributed by atoms with Gasteiger partial charge in [0.25, 0.3) is 12.2 Å². The molecule has 150 valence electrons. The molecule has 0 bridgehead atoms. The van der Waals surface area contributed by atoms with Gasteiger partial charge >= 0.3 is 0 Å². The summed E-state index contributed by atoms with van der Waals surface area (Å²) in [6.07, 6.45) is -2.86. The quantitative estimate of drug-likeness (QED) is 0.460. The van der Waals surface area contributed by atoms with Gasteiger partial charge in [-0.25, -0.2) is 22.0 Å². The van der Waals surface area contributed by atoms with Gasteiger partial charge in [-0.2, -0.15) is 4.98 Å². The lowest BCUT2D eigenvalue weighted by atomic mass is 10.1. The van der Waals surface area contributed by atoms with E-state index in [0.717, 1.165) is 17.0 Å². The fourth-order valence-corrected chi connectivity index (χ4v) is 3.32. The van der Waals surface area contributed by atoms with Gasteiger partial charge in [0.05, 0.1) is 17.4 Å². The highest BCUT2D eigenvalue weighted by Gasteiger charge is 2.25. The Bertz CT molecular complexity index is 1220. The van der Waals surface area contributed by atoms with E-state index in [-0.39, 0.29) is 28.2 Å². The van der Waals surface area contributed by atoms with Crippen LogP contribution in [0.2, 0.25) is 0 Å². The number of fused-ring (bicyclic) bond motifs is 3. The number of halogens is 5. The van der Waals surface area contributed by atoms with Crippen LogP contribution in [-0.2, 0) is 0 Å². The number of aryl methyl sites for hydroxylation is 2. The molecule has 0 N–H and O–H groups in total. The lowest BCUT2D eigenvalue weighted by Gasteiger charge is -2.25. The van der Waals surface area contributed by atoms with Crippen molar-refractivity contribution in [1.82, 2.24) is 19.6 Å². The zero-order chi connectivity index (χ0) is 20.9. The van der Waals surface area contributed by atoms with Gasteiger partial charge in [0.1, 0.15) is 17.5 Å². The van der Waals surface area contributed by atoms with Gasteiger partial charge in [-0.15, -0.1) is 10.2 Å². The Balaban J connectivity index is 2.10. The lowest BCUT2D eigenvalue weighted by Crippen LogP contribution is -2.26. The first-order valence-corrected chi connectivity index (χ1v) is 8.58. The average Bonchev–Trinajstić information content (AvgIpc) is 3.02. The summed E-state index contributed by atoms with van der Waals surface area (Å²) in [6.45, 7) is 2.27. The van der Waals surface area contributed by atoms with Crippen LogP contribution in [0.15, 0.2) is 30.3 Å². The van der Waals surface area contributed by atoms with Crippen LogP contribution in [0.3, 0.4) is 0 Å². The molecule has 2 heterocycles. The molecular weight excluding hydrogens is 393 g/mol. The molecule has 0 saturated carbocycles. The summed E-state index contributed by atoms with van der Waals surface area (Å²) in [6, 6.07) is 5.92. The van der Waals surface area contributed by atoms with E-state index in [1.807, 2.05) is 0 Å². The molecule has 4 rings (SSSR count). The molecule has 0 atom stereocenters. The predicted molar refractivity (Wildman–Crippen MR) is 97.1 cm³/mol. The van der Waals surface area contributed by atoms with E-state index in [1.54, 1.807) is 13.8 Å². The van der Waals surface area contributed by atoms with Gasteiger partial charge in [0.15, 0.2) is 11.6 Å². The largest absolute Gasteiger partial charge is 0.320 e. The van der Waals surface area contributed by atoms with Crippen molar-refractivity contribution in [1.29, 1.82) is 0 Å². The van der Waals surface area contributed by atoms with Crippen LogP contribution < -0.4 is 4.90 Å². The maximum Gasteiger partial charge on any atom is 0.257 e.